The van der Waals surface area contributed by atoms with Crippen LogP contribution in [0.5, 0.6) is 5.75 Å². The Balaban J connectivity index is 1.75. The third kappa shape index (κ3) is 5.49. The topological polar surface area (TPSA) is 67.4 Å². The molecule has 0 aliphatic carbocycles. The summed E-state index contributed by atoms with van der Waals surface area (Å²) < 4.78 is 18.6. The number of aryl methyl sites for hydroxylation is 1. The highest BCUT2D eigenvalue weighted by Crippen LogP contribution is 2.29. The molecule has 0 bridgehead atoms. The fraction of sp³-hybridized carbons (Fsp3) is 0.250. The van der Waals surface area contributed by atoms with Crippen molar-refractivity contribution < 1.29 is 18.7 Å². The number of nitrogens with one attached hydrogen (secondary N) is 2. The molecule has 1 unspecified atom stereocenters. The van der Waals surface area contributed by atoms with Gasteiger partial charge in [0.2, 0.25) is 0 Å². The van der Waals surface area contributed by atoms with Gasteiger partial charge in [-0.25, -0.2) is 4.39 Å². The quantitative estimate of drug-likeness (QED) is 0.504. The second-order valence-electron chi connectivity index (χ2n) is 7.56. The maximum atomic E-state index is 13.4. The molecule has 31 heavy (non-hydrogen) atoms. The zero-order chi connectivity index (χ0) is 22.5. The monoisotopic (exact) mass is 440 g/mol. The van der Waals surface area contributed by atoms with E-state index in [1.165, 1.54) is 35.6 Å². The molecule has 3 aromatic rings. The van der Waals surface area contributed by atoms with E-state index in [1.807, 2.05) is 45.0 Å². The summed E-state index contributed by atoms with van der Waals surface area (Å²) in [7, 11) is 1.61. The van der Waals surface area contributed by atoms with E-state index in [4.69, 9.17) is 4.74 Å². The number of hydrogen-bond acceptors (Lipinski definition) is 4. The third-order valence-corrected chi connectivity index (χ3v) is 6.03. The van der Waals surface area contributed by atoms with Gasteiger partial charge in [-0.05, 0) is 60.4 Å². The molecule has 7 heteroatoms. The Kier molecular flexibility index (Phi) is 7.07. The van der Waals surface area contributed by atoms with Gasteiger partial charge in [-0.1, -0.05) is 32.0 Å². The number of carbonyl (C=O) groups excluding carboxylic acids is 2. The average Bonchev–Trinajstić information content (AvgIpc) is 3.11. The SMILES string of the molecule is COc1ccc(C(NC(=O)c2sc(NC(=O)c3cccc(F)c3)cc2C)C(C)C)cc1. The average molecular weight is 441 g/mol. The largest absolute Gasteiger partial charge is 0.497 e. The van der Waals surface area contributed by atoms with Gasteiger partial charge in [0, 0.05) is 5.56 Å². The molecule has 2 N–H and O–H groups in total. The number of ether oxygens (including phenoxy) is 1. The smallest absolute Gasteiger partial charge is 0.262 e. The lowest BCUT2D eigenvalue weighted by Gasteiger charge is -2.23. The summed E-state index contributed by atoms with van der Waals surface area (Å²) in [6.07, 6.45) is 0. The lowest BCUT2D eigenvalue weighted by molar-refractivity contribution is 0.0928. The second-order valence-corrected chi connectivity index (χ2v) is 8.61. The molecule has 1 heterocycles. The zero-order valence-electron chi connectivity index (χ0n) is 17.9. The van der Waals surface area contributed by atoms with E-state index < -0.39 is 11.7 Å². The van der Waals surface area contributed by atoms with Gasteiger partial charge >= 0.3 is 0 Å². The molecule has 0 fully saturated rings. The van der Waals surface area contributed by atoms with Crippen LogP contribution in [-0.2, 0) is 0 Å². The number of amides is 2. The summed E-state index contributed by atoms with van der Waals surface area (Å²) in [4.78, 5) is 25.9. The normalized spacial score (nSPS) is 11.8. The minimum atomic E-state index is -0.478. The van der Waals surface area contributed by atoms with E-state index in [1.54, 1.807) is 13.2 Å². The minimum Gasteiger partial charge on any atom is -0.497 e. The summed E-state index contributed by atoms with van der Waals surface area (Å²) in [5.74, 6) is -0.183. The van der Waals surface area contributed by atoms with Gasteiger partial charge < -0.3 is 15.4 Å². The molecular weight excluding hydrogens is 415 g/mol. The van der Waals surface area contributed by atoms with Gasteiger partial charge in [-0.3, -0.25) is 9.59 Å². The number of hydrogen-bond donors (Lipinski definition) is 2. The predicted octanol–water partition coefficient (Wildman–Crippen LogP) is 5.58. The summed E-state index contributed by atoms with van der Waals surface area (Å²) in [5.41, 5.74) is 1.96. The van der Waals surface area contributed by atoms with Crippen molar-refractivity contribution in [2.45, 2.75) is 26.8 Å². The van der Waals surface area contributed by atoms with Gasteiger partial charge in [0.05, 0.1) is 23.0 Å². The maximum Gasteiger partial charge on any atom is 0.262 e. The van der Waals surface area contributed by atoms with Gasteiger partial charge in [-0.2, -0.15) is 0 Å². The van der Waals surface area contributed by atoms with Crippen molar-refractivity contribution in [3.63, 3.8) is 0 Å². The van der Waals surface area contributed by atoms with Gasteiger partial charge in [-0.15, -0.1) is 11.3 Å². The summed E-state index contributed by atoms with van der Waals surface area (Å²) in [5, 5.41) is 6.37. The number of rotatable bonds is 7. The van der Waals surface area contributed by atoms with Crippen LogP contribution in [0.25, 0.3) is 0 Å². The van der Waals surface area contributed by atoms with Crippen LogP contribution in [-0.4, -0.2) is 18.9 Å². The van der Waals surface area contributed by atoms with E-state index in [0.29, 0.717) is 9.88 Å². The van der Waals surface area contributed by atoms with Crippen molar-refractivity contribution in [3.05, 3.63) is 82.0 Å². The van der Waals surface area contributed by atoms with Crippen LogP contribution in [0.1, 0.15) is 51.0 Å². The summed E-state index contributed by atoms with van der Waals surface area (Å²) in [6.45, 7) is 5.91. The van der Waals surface area contributed by atoms with E-state index in [0.717, 1.165) is 16.9 Å². The van der Waals surface area contributed by atoms with Crippen LogP contribution in [0, 0.1) is 18.7 Å². The van der Waals surface area contributed by atoms with Crippen LogP contribution in [0.3, 0.4) is 0 Å². The van der Waals surface area contributed by atoms with Crippen molar-refractivity contribution in [2.75, 3.05) is 12.4 Å². The van der Waals surface area contributed by atoms with E-state index in [2.05, 4.69) is 10.6 Å². The first kappa shape index (κ1) is 22.5. The van der Waals surface area contributed by atoms with Crippen molar-refractivity contribution >= 4 is 28.2 Å². The van der Waals surface area contributed by atoms with Crippen LogP contribution >= 0.6 is 11.3 Å². The Morgan fingerprint density at radius 3 is 2.35 bits per heavy atom. The van der Waals surface area contributed by atoms with Gasteiger partial charge in [0.25, 0.3) is 11.8 Å². The van der Waals surface area contributed by atoms with Crippen LogP contribution in [0.15, 0.2) is 54.6 Å². The molecule has 0 spiro atoms. The molecule has 0 aliphatic heterocycles. The molecule has 0 saturated heterocycles. The Bertz CT molecular complexity index is 1080. The van der Waals surface area contributed by atoms with Crippen molar-refractivity contribution in [1.29, 1.82) is 0 Å². The molecule has 162 valence electrons. The van der Waals surface area contributed by atoms with Crippen LogP contribution in [0.4, 0.5) is 9.39 Å². The van der Waals surface area contributed by atoms with Crippen molar-refractivity contribution in [2.24, 2.45) is 5.92 Å². The number of thiophene rings is 1. The predicted molar refractivity (Wildman–Crippen MR) is 121 cm³/mol. The summed E-state index contributed by atoms with van der Waals surface area (Å²) >= 11 is 1.19. The van der Waals surface area contributed by atoms with Crippen LogP contribution in [0.2, 0.25) is 0 Å². The standard InChI is InChI=1S/C24H25FN2O3S/c1-14(2)21(16-8-10-19(30-4)11-9-16)27-24(29)22-15(3)12-20(31-22)26-23(28)17-6-5-7-18(25)13-17/h5-14,21H,1-4H3,(H,26,28)(H,27,29). The maximum absolute atomic E-state index is 13.4. The molecule has 0 radical (unpaired) electrons. The first-order valence-corrected chi connectivity index (χ1v) is 10.7. The highest BCUT2D eigenvalue weighted by atomic mass is 32.1. The number of methoxy groups -OCH3 is 1. The highest BCUT2D eigenvalue weighted by molar-refractivity contribution is 7.18. The molecule has 3 rings (SSSR count). The number of anilines is 1. The molecule has 2 aromatic carbocycles. The minimum absolute atomic E-state index is 0.171. The molecule has 1 aromatic heterocycles. The molecule has 0 aliphatic rings. The van der Waals surface area contributed by atoms with E-state index >= 15 is 0 Å². The van der Waals surface area contributed by atoms with Gasteiger partial charge in [0.15, 0.2) is 0 Å². The number of benzene rings is 2. The lowest BCUT2D eigenvalue weighted by atomic mass is 9.96. The second kappa shape index (κ2) is 9.75. The van der Waals surface area contributed by atoms with Crippen LogP contribution < -0.4 is 15.4 Å². The highest BCUT2D eigenvalue weighted by Gasteiger charge is 2.22. The number of carbonyl (C=O) groups is 2. The Morgan fingerprint density at radius 1 is 1.03 bits per heavy atom. The third-order valence-electron chi connectivity index (χ3n) is 4.88. The Morgan fingerprint density at radius 2 is 1.74 bits per heavy atom. The van der Waals surface area contributed by atoms with Crippen molar-refractivity contribution in [1.82, 2.24) is 5.32 Å². The molecule has 5 nitrogen and oxygen atoms in total. The first-order valence-electron chi connectivity index (χ1n) is 9.90. The Hall–Kier alpha value is -3.19. The molecular formula is C24H25FN2O3S. The Labute approximate surface area is 185 Å². The van der Waals surface area contributed by atoms with Crippen molar-refractivity contribution in [3.8, 4) is 5.75 Å². The molecule has 0 saturated carbocycles. The summed E-state index contributed by atoms with van der Waals surface area (Å²) in [6, 6.07) is 14.7. The van der Waals surface area contributed by atoms with E-state index in [9.17, 15) is 14.0 Å². The van der Waals surface area contributed by atoms with E-state index in [-0.39, 0.29) is 23.4 Å². The fourth-order valence-electron chi connectivity index (χ4n) is 3.24. The first-order chi connectivity index (χ1) is 14.8. The number of halogens is 1. The molecule has 1 atom stereocenters. The fourth-order valence-corrected chi connectivity index (χ4v) is 4.21. The molecule has 2 amide bonds. The zero-order valence-corrected chi connectivity index (χ0v) is 18.7. The lowest BCUT2D eigenvalue weighted by Crippen LogP contribution is -2.31. The van der Waals surface area contributed by atoms with Gasteiger partial charge in [0.1, 0.15) is 11.6 Å².